The second-order valence-corrected chi connectivity index (χ2v) is 3.54. The summed E-state index contributed by atoms with van der Waals surface area (Å²) in [6, 6.07) is 4.98. The Bertz CT molecular complexity index is 389. The minimum Gasteiger partial charge on any atom is -0.497 e. The number of fused-ring (bicyclic) bond motifs is 1. The van der Waals surface area contributed by atoms with E-state index in [2.05, 4.69) is 5.32 Å². The fourth-order valence-electron chi connectivity index (χ4n) is 1.88. The number of rotatable bonds is 2. The average Bonchev–Trinajstić information content (AvgIpc) is 2.27. The van der Waals surface area contributed by atoms with Crippen LogP contribution in [-0.2, 0) is 11.2 Å². The molecule has 0 amide bonds. The molecule has 0 aliphatic carbocycles. The summed E-state index contributed by atoms with van der Waals surface area (Å²) in [5.74, 6) is -0.145. The van der Waals surface area contributed by atoms with E-state index in [0.29, 0.717) is 12.3 Å². The van der Waals surface area contributed by atoms with Crippen molar-refractivity contribution in [2.45, 2.75) is 12.5 Å². The first kappa shape index (κ1) is 9.98. The van der Waals surface area contributed by atoms with Crippen molar-refractivity contribution in [1.82, 2.24) is 5.32 Å². The Kier molecular flexibility index (Phi) is 2.60. The third-order valence-corrected chi connectivity index (χ3v) is 2.65. The number of hydrogen-bond donors (Lipinski definition) is 2. The van der Waals surface area contributed by atoms with Crippen LogP contribution in [-0.4, -0.2) is 24.7 Å². The first-order valence-corrected chi connectivity index (χ1v) is 4.85. The monoisotopic (exact) mass is 207 g/mol. The Morgan fingerprint density at radius 1 is 1.60 bits per heavy atom. The normalized spacial score (nSPS) is 19.4. The molecular weight excluding hydrogens is 194 g/mol. The summed E-state index contributed by atoms with van der Waals surface area (Å²) in [6.07, 6.45) is 0.864. The third kappa shape index (κ3) is 1.80. The van der Waals surface area contributed by atoms with Gasteiger partial charge < -0.3 is 15.2 Å². The van der Waals surface area contributed by atoms with Crippen molar-refractivity contribution in [1.29, 1.82) is 0 Å². The fraction of sp³-hybridized carbons (Fsp3) is 0.364. The molecule has 4 nitrogen and oxygen atoms in total. The molecule has 0 bridgehead atoms. The average molecular weight is 207 g/mol. The molecule has 0 saturated heterocycles. The van der Waals surface area contributed by atoms with Crippen molar-refractivity contribution < 1.29 is 14.6 Å². The van der Waals surface area contributed by atoms with Gasteiger partial charge in [0.15, 0.2) is 0 Å². The number of carboxylic acid groups (broad SMARTS) is 1. The summed E-state index contributed by atoms with van der Waals surface area (Å²) in [5.41, 5.74) is 1.90. The van der Waals surface area contributed by atoms with Gasteiger partial charge in [0.05, 0.1) is 7.11 Å². The van der Waals surface area contributed by atoms with E-state index in [4.69, 9.17) is 9.84 Å². The topological polar surface area (TPSA) is 58.6 Å². The van der Waals surface area contributed by atoms with Gasteiger partial charge in [-0.3, -0.25) is 4.79 Å². The Morgan fingerprint density at radius 3 is 3.07 bits per heavy atom. The van der Waals surface area contributed by atoms with Crippen LogP contribution < -0.4 is 10.1 Å². The van der Waals surface area contributed by atoms with Crippen LogP contribution in [0.4, 0.5) is 0 Å². The molecule has 4 heteroatoms. The molecule has 1 heterocycles. The maximum absolute atomic E-state index is 11.0. The summed E-state index contributed by atoms with van der Waals surface area (Å²) >= 11 is 0. The minimum atomic E-state index is -0.843. The highest BCUT2D eigenvalue weighted by molar-refractivity contribution is 5.76. The van der Waals surface area contributed by atoms with E-state index in [-0.39, 0.29) is 0 Å². The molecule has 0 aromatic heterocycles. The fourth-order valence-corrected chi connectivity index (χ4v) is 1.88. The molecule has 15 heavy (non-hydrogen) atoms. The Labute approximate surface area is 87.9 Å². The number of benzene rings is 1. The summed E-state index contributed by atoms with van der Waals surface area (Å²) < 4.78 is 5.09. The van der Waals surface area contributed by atoms with E-state index < -0.39 is 12.0 Å². The second-order valence-electron chi connectivity index (χ2n) is 3.54. The van der Waals surface area contributed by atoms with Crippen LogP contribution in [0.5, 0.6) is 5.75 Å². The minimum absolute atomic E-state index is 0.608. The zero-order valence-corrected chi connectivity index (χ0v) is 8.49. The molecule has 0 saturated carbocycles. The standard InChI is InChI=1S/C11H13NO3/c1-15-8-3-2-7-4-5-12-10(11(13)14)9(7)6-8/h2-3,6,10,12H,4-5H2,1H3,(H,13,14)/t10-/m1/s1. The van der Waals surface area contributed by atoms with Gasteiger partial charge in [-0.05, 0) is 29.7 Å². The van der Waals surface area contributed by atoms with Crippen LogP contribution >= 0.6 is 0 Å². The molecule has 1 aromatic carbocycles. The van der Waals surface area contributed by atoms with Gasteiger partial charge in [0.1, 0.15) is 11.8 Å². The molecule has 2 N–H and O–H groups in total. The zero-order chi connectivity index (χ0) is 10.8. The lowest BCUT2D eigenvalue weighted by atomic mass is 9.94. The van der Waals surface area contributed by atoms with Gasteiger partial charge in [-0.1, -0.05) is 6.07 Å². The molecular formula is C11H13NO3. The van der Waals surface area contributed by atoms with Gasteiger partial charge in [-0.2, -0.15) is 0 Å². The number of aliphatic carboxylic acids is 1. The number of methoxy groups -OCH3 is 1. The van der Waals surface area contributed by atoms with E-state index in [1.807, 2.05) is 12.1 Å². The second kappa shape index (κ2) is 3.90. The van der Waals surface area contributed by atoms with E-state index in [1.54, 1.807) is 13.2 Å². The predicted octanol–water partition coefficient (Wildman–Crippen LogP) is 0.967. The van der Waals surface area contributed by atoms with Crippen molar-refractivity contribution >= 4 is 5.97 Å². The zero-order valence-electron chi connectivity index (χ0n) is 8.49. The Morgan fingerprint density at radius 2 is 2.40 bits per heavy atom. The number of carbonyl (C=O) groups is 1. The van der Waals surface area contributed by atoms with E-state index in [9.17, 15) is 4.79 Å². The van der Waals surface area contributed by atoms with Crippen LogP contribution in [0, 0.1) is 0 Å². The van der Waals surface area contributed by atoms with Crippen molar-refractivity contribution in [3.05, 3.63) is 29.3 Å². The molecule has 1 aliphatic heterocycles. The quantitative estimate of drug-likeness (QED) is 0.758. The molecule has 0 radical (unpaired) electrons. The highest BCUT2D eigenvalue weighted by Crippen LogP contribution is 2.27. The van der Waals surface area contributed by atoms with Gasteiger partial charge >= 0.3 is 5.97 Å². The highest BCUT2D eigenvalue weighted by Gasteiger charge is 2.25. The maximum Gasteiger partial charge on any atom is 0.325 e. The molecule has 0 unspecified atom stereocenters. The van der Waals surface area contributed by atoms with E-state index in [0.717, 1.165) is 17.5 Å². The number of nitrogens with one attached hydrogen (secondary N) is 1. The molecule has 0 fully saturated rings. The lowest BCUT2D eigenvalue weighted by molar-refractivity contribution is -0.139. The van der Waals surface area contributed by atoms with E-state index in [1.165, 1.54) is 0 Å². The first-order valence-electron chi connectivity index (χ1n) is 4.85. The van der Waals surface area contributed by atoms with Crippen molar-refractivity contribution in [3.63, 3.8) is 0 Å². The molecule has 1 aliphatic rings. The summed E-state index contributed by atoms with van der Waals surface area (Å²) in [5, 5.41) is 12.0. The van der Waals surface area contributed by atoms with Crippen molar-refractivity contribution in [2.75, 3.05) is 13.7 Å². The molecule has 2 rings (SSSR count). The predicted molar refractivity (Wildman–Crippen MR) is 55.1 cm³/mol. The van der Waals surface area contributed by atoms with Gasteiger partial charge in [0, 0.05) is 6.54 Å². The Hall–Kier alpha value is -1.55. The number of hydrogen-bond acceptors (Lipinski definition) is 3. The van der Waals surface area contributed by atoms with Crippen LogP contribution in [0.3, 0.4) is 0 Å². The maximum atomic E-state index is 11.0. The number of carboxylic acids is 1. The van der Waals surface area contributed by atoms with E-state index >= 15 is 0 Å². The lowest BCUT2D eigenvalue weighted by Crippen LogP contribution is -2.34. The summed E-state index contributed by atoms with van der Waals surface area (Å²) in [7, 11) is 1.58. The SMILES string of the molecule is COc1ccc2c(c1)[C@H](C(=O)O)NCC2. The lowest BCUT2D eigenvalue weighted by Gasteiger charge is -2.24. The van der Waals surface area contributed by atoms with Gasteiger partial charge in [0.25, 0.3) is 0 Å². The smallest absolute Gasteiger partial charge is 0.325 e. The third-order valence-electron chi connectivity index (χ3n) is 2.65. The van der Waals surface area contributed by atoms with Crippen LogP contribution in [0.15, 0.2) is 18.2 Å². The van der Waals surface area contributed by atoms with Crippen LogP contribution in [0.25, 0.3) is 0 Å². The van der Waals surface area contributed by atoms with Gasteiger partial charge in [-0.15, -0.1) is 0 Å². The molecule has 80 valence electrons. The molecule has 1 atom stereocenters. The van der Waals surface area contributed by atoms with Crippen LogP contribution in [0.2, 0.25) is 0 Å². The van der Waals surface area contributed by atoms with Crippen molar-refractivity contribution in [2.24, 2.45) is 0 Å². The highest BCUT2D eigenvalue weighted by atomic mass is 16.5. The summed E-state index contributed by atoms with van der Waals surface area (Å²) in [6.45, 7) is 0.705. The largest absolute Gasteiger partial charge is 0.497 e. The first-order chi connectivity index (χ1) is 7.22. The molecule has 1 aromatic rings. The summed E-state index contributed by atoms with van der Waals surface area (Å²) in [4.78, 5) is 11.0. The van der Waals surface area contributed by atoms with Gasteiger partial charge in [0.2, 0.25) is 0 Å². The number of ether oxygens (including phenoxy) is 1. The van der Waals surface area contributed by atoms with Gasteiger partial charge in [-0.25, -0.2) is 0 Å². The molecule has 0 spiro atoms. The van der Waals surface area contributed by atoms with Crippen LogP contribution in [0.1, 0.15) is 17.2 Å². The Balaban J connectivity index is 2.43. The van der Waals surface area contributed by atoms with Crippen molar-refractivity contribution in [3.8, 4) is 5.75 Å².